The highest BCUT2D eigenvalue weighted by Gasteiger charge is 2.29. The standard InChI is InChI=1S/C16H23IO4/c1-15(2,3)12-10(8-9-11(17)13(12)19-7)14(18)20-21-16(4,5)6/h8-9H,1-7H3. The molecule has 21 heavy (non-hydrogen) atoms. The predicted molar refractivity (Wildman–Crippen MR) is 90.7 cm³/mol. The highest BCUT2D eigenvalue weighted by molar-refractivity contribution is 14.1. The van der Waals surface area contributed by atoms with Gasteiger partial charge < -0.3 is 4.74 Å². The number of ether oxygens (including phenoxy) is 1. The van der Waals surface area contributed by atoms with Gasteiger partial charge in [-0.25, -0.2) is 4.79 Å². The number of hydrogen-bond acceptors (Lipinski definition) is 4. The average molecular weight is 406 g/mol. The highest BCUT2D eigenvalue weighted by Crippen LogP contribution is 2.38. The maximum atomic E-state index is 12.3. The van der Waals surface area contributed by atoms with E-state index in [1.165, 1.54) is 0 Å². The van der Waals surface area contributed by atoms with E-state index < -0.39 is 11.6 Å². The lowest BCUT2D eigenvalue weighted by molar-refractivity contribution is -0.301. The van der Waals surface area contributed by atoms with Crippen molar-refractivity contribution in [3.63, 3.8) is 0 Å². The summed E-state index contributed by atoms with van der Waals surface area (Å²) < 4.78 is 6.43. The summed E-state index contributed by atoms with van der Waals surface area (Å²) in [7, 11) is 1.60. The van der Waals surface area contributed by atoms with Crippen LogP contribution in [0.15, 0.2) is 12.1 Å². The van der Waals surface area contributed by atoms with Crippen LogP contribution in [0, 0.1) is 3.57 Å². The Kier molecular flexibility index (Phi) is 5.66. The summed E-state index contributed by atoms with van der Waals surface area (Å²) >= 11 is 2.19. The van der Waals surface area contributed by atoms with Crippen LogP contribution < -0.4 is 4.74 Å². The van der Waals surface area contributed by atoms with Crippen molar-refractivity contribution in [1.29, 1.82) is 0 Å². The van der Waals surface area contributed by atoms with Gasteiger partial charge in [0.15, 0.2) is 0 Å². The maximum Gasteiger partial charge on any atom is 0.373 e. The molecule has 0 aliphatic rings. The van der Waals surface area contributed by atoms with Gasteiger partial charge in [0.25, 0.3) is 0 Å². The van der Waals surface area contributed by atoms with E-state index in [4.69, 9.17) is 14.5 Å². The van der Waals surface area contributed by atoms with Crippen molar-refractivity contribution < 1.29 is 19.3 Å². The van der Waals surface area contributed by atoms with E-state index in [2.05, 4.69) is 22.6 Å². The van der Waals surface area contributed by atoms with E-state index in [-0.39, 0.29) is 5.41 Å². The second kappa shape index (κ2) is 6.52. The molecular formula is C16H23IO4. The molecule has 0 spiro atoms. The van der Waals surface area contributed by atoms with E-state index in [0.29, 0.717) is 11.3 Å². The second-order valence-corrected chi connectivity index (χ2v) is 7.98. The minimum atomic E-state index is -0.551. The van der Waals surface area contributed by atoms with Crippen molar-refractivity contribution in [1.82, 2.24) is 0 Å². The van der Waals surface area contributed by atoms with E-state index in [1.54, 1.807) is 13.2 Å². The van der Waals surface area contributed by atoms with E-state index in [1.807, 2.05) is 47.6 Å². The van der Waals surface area contributed by atoms with Gasteiger partial charge in [-0.05, 0) is 60.9 Å². The third-order valence-corrected chi connectivity index (χ3v) is 3.50. The fraction of sp³-hybridized carbons (Fsp3) is 0.562. The van der Waals surface area contributed by atoms with Gasteiger partial charge in [-0.1, -0.05) is 20.8 Å². The number of carbonyl (C=O) groups is 1. The van der Waals surface area contributed by atoms with Crippen LogP contribution in [0.1, 0.15) is 57.5 Å². The first-order valence-electron chi connectivity index (χ1n) is 6.74. The van der Waals surface area contributed by atoms with E-state index in [9.17, 15) is 4.79 Å². The third kappa shape index (κ3) is 4.85. The first kappa shape index (κ1) is 18.2. The number of halogens is 1. The van der Waals surface area contributed by atoms with Crippen LogP contribution in [0.2, 0.25) is 0 Å². The van der Waals surface area contributed by atoms with Gasteiger partial charge in [0, 0.05) is 5.56 Å². The van der Waals surface area contributed by atoms with Crippen LogP contribution >= 0.6 is 22.6 Å². The van der Waals surface area contributed by atoms with E-state index >= 15 is 0 Å². The Morgan fingerprint density at radius 1 is 1.10 bits per heavy atom. The van der Waals surface area contributed by atoms with Crippen LogP contribution in [0.5, 0.6) is 5.75 Å². The largest absolute Gasteiger partial charge is 0.495 e. The van der Waals surface area contributed by atoms with Crippen molar-refractivity contribution in [2.45, 2.75) is 52.6 Å². The molecule has 5 heteroatoms. The monoisotopic (exact) mass is 406 g/mol. The summed E-state index contributed by atoms with van der Waals surface area (Å²) in [4.78, 5) is 22.4. The van der Waals surface area contributed by atoms with Gasteiger partial charge in [-0.2, -0.15) is 4.89 Å². The lowest BCUT2D eigenvalue weighted by Gasteiger charge is -2.26. The smallest absolute Gasteiger partial charge is 0.373 e. The molecule has 0 saturated carbocycles. The Balaban J connectivity index is 3.27. The summed E-state index contributed by atoms with van der Waals surface area (Å²) in [6, 6.07) is 3.58. The van der Waals surface area contributed by atoms with Crippen LogP contribution in [0.3, 0.4) is 0 Å². The van der Waals surface area contributed by atoms with E-state index in [0.717, 1.165) is 9.13 Å². The van der Waals surface area contributed by atoms with Gasteiger partial charge in [0.05, 0.1) is 16.2 Å². The summed E-state index contributed by atoms with van der Waals surface area (Å²) in [6.45, 7) is 11.5. The van der Waals surface area contributed by atoms with Crippen LogP contribution in [-0.2, 0) is 15.2 Å². The molecular weight excluding hydrogens is 383 g/mol. The minimum absolute atomic E-state index is 0.261. The van der Waals surface area contributed by atoms with Gasteiger partial charge >= 0.3 is 5.97 Å². The molecule has 0 saturated heterocycles. The zero-order valence-electron chi connectivity index (χ0n) is 13.7. The first-order chi connectivity index (χ1) is 9.47. The predicted octanol–water partition coefficient (Wildman–Crippen LogP) is 4.48. The van der Waals surface area contributed by atoms with Crippen molar-refractivity contribution in [3.05, 3.63) is 26.8 Å². The number of rotatable bonds is 3. The molecule has 118 valence electrons. The fourth-order valence-corrected chi connectivity index (χ4v) is 2.55. The molecule has 0 heterocycles. The van der Waals surface area contributed by atoms with Crippen LogP contribution in [0.25, 0.3) is 0 Å². The number of carbonyl (C=O) groups excluding carboxylic acids is 1. The second-order valence-electron chi connectivity index (χ2n) is 6.82. The van der Waals surface area contributed by atoms with Crippen molar-refractivity contribution in [2.75, 3.05) is 7.11 Å². The van der Waals surface area contributed by atoms with Crippen molar-refractivity contribution in [2.24, 2.45) is 0 Å². The molecule has 0 aliphatic carbocycles. The molecule has 0 amide bonds. The molecule has 0 aliphatic heterocycles. The number of methoxy groups -OCH3 is 1. The van der Waals surface area contributed by atoms with Gasteiger partial charge in [0.2, 0.25) is 0 Å². The summed E-state index contributed by atoms with van der Waals surface area (Å²) in [5.74, 6) is 0.192. The maximum absolute atomic E-state index is 12.3. The lowest BCUT2D eigenvalue weighted by Crippen LogP contribution is -2.24. The quantitative estimate of drug-likeness (QED) is 0.422. The first-order valence-corrected chi connectivity index (χ1v) is 7.82. The zero-order chi connectivity index (χ0) is 16.4. The molecule has 0 N–H and O–H groups in total. The fourth-order valence-electron chi connectivity index (χ4n) is 1.88. The Morgan fingerprint density at radius 2 is 1.67 bits per heavy atom. The van der Waals surface area contributed by atoms with Gasteiger partial charge in [-0.3, -0.25) is 4.89 Å². The van der Waals surface area contributed by atoms with Gasteiger partial charge in [-0.15, -0.1) is 0 Å². The summed E-state index contributed by atoms with van der Waals surface area (Å²) in [6.07, 6.45) is 0. The average Bonchev–Trinajstić information content (AvgIpc) is 2.33. The third-order valence-electron chi connectivity index (χ3n) is 2.65. The molecule has 0 aromatic heterocycles. The molecule has 0 bridgehead atoms. The zero-order valence-corrected chi connectivity index (χ0v) is 15.8. The summed E-state index contributed by atoms with van der Waals surface area (Å²) in [5, 5.41) is 0. The molecule has 0 radical (unpaired) electrons. The van der Waals surface area contributed by atoms with Gasteiger partial charge in [0.1, 0.15) is 11.4 Å². The summed E-state index contributed by atoms with van der Waals surface area (Å²) in [5.41, 5.74) is 0.469. The molecule has 0 fully saturated rings. The van der Waals surface area contributed by atoms with Crippen molar-refractivity contribution >= 4 is 28.6 Å². The highest BCUT2D eigenvalue weighted by atomic mass is 127. The topological polar surface area (TPSA) is 44.8 Å². The molecule has 0 unspecified atom stereocenters. The molecule has 0 atom stereocenters. The SMILES string of the molecule is COc1c(I)ccc(C(=O)OOC(C)(C)C)c1C(C)(C)C. The number of benzene rings is 1. The molecule has 1 aromatic carbocycles. The Bertz CT molecular complexity index is 524. The van der Waals surface area contributed by atoms with Crippen LogP contribution in [-0.4, -0.2) is 18.7 Å². The molecule has 1 rings (SSSR count). The minimum Gasteiger partial charge on any atom is -0.495 e. The Hall–Kier alpha value is -0.820. The Morgan fingerprint density at radius 3 is 2.10 bits per heavy atom. The molecule has 4 nitrogen and oxygen atoms in total. The number of hydrogen-bond donors (Lipinski definition) is 0. The normalized spacial score (nSPS) is 12.2. The van der Waals surface area contributed by atoms with Crippen molar-refractivity contribution in [3.8, 4) is 5.75 Å². The molecule has 1 aromatic rings. The lowest BCUT2D eigenvalue weighted by atomic mass is 9.83. The van der Waals surface area contributed by atoms with Crippen LogP contribution in [0.4, 0.5) is 0 Å². The Labute approximate surface area is 140 Å².